The molecule has 3 atom stereocenters. The van der Waals surface area contributed by atoms with E-state index in [0.717, 1.165) is 71.2 Å². The van der Waals surface area contributed by atoms with Crippen molar-refractivity contribution in [3.05, 3.63) is 41.5 Å². The normalized spacial score (nSPS) is 25.4. The number of aromatic hydroxyl groups is 1. The second kappa shape index (κ2) is 14.7. The predicted molar refractivity (Wildman–Crippen MR) is 200 cm³/mol. The number of phenols is 1. The Kier molecular flexibility index (Phi) is 9.98. The van der Waals surface area contributed by atoms with E-state index in [9.17, 15) is 10.2 Å². The number of rotatable bonds is 8. The lowest BCUT2D eigenvalue weighted by molar-refractivity contribution is -0.0203. The van der Waals surface area contributed by atoms with Crippen molar-refractivity contribution >= 4 is 27.5 Å². The number of hydrogen-bond acceptors (Lipinski definition) is 11. The summed E-state index contributed by atoms with van der Waals surface area (Å²) >= 11 is 0. The number of ether oxygens (including phenoxy) is 4. The molecule has 0 bridgehead atoms. The van der Waals surface area contributed by atoms with Crippen molar-refractivity contribution < 1.29 is 37.9 Å². The van der Waals surface area contributed by atoms with Crippen molar-refractivity contribution in [2.24, 2.45) is 11.3 Å². The van der Waals surface area contributed by atoms with Gasteiger partial charge < -0.3 is 34.1 Å². The molecule has 4 aromatic rings. The lowest BCUT2D eigenvalue weighted by Gasteiger charge is -2.47. The van der Waals surface area contributed by atoms with Gasteiger partial charge in [0.15, 0.2) is 5.82 Å². The summed E-state index contributed by atoms with van der Waals surface area (Å²) in [5.74, 6) is 1.57. The Morgan fingerprint density at radius 2 is 1.83 bits per heavy atom. The maximum absolute atomic E-state index is 17.3. The molecule has 1 aliphatic carbocycles. The zero-order valence-electron chi connectivity index (χ0n) is 30.9. The van der Waals surface area contributed by atoms with Crippen LogP contribution in [0.25, 0.3) is 32.9 Å². The lowest BCUT2D eigenvalue weighted by atomic mass is 9.75. The quantitative estimate of drug-likeness (QED) is 0.212. The van der Waals surface area contributed by atoms with E-state index in [1.54, 1.807) is 6.92 Å². The second-order valence-electron chi connectivity index (χ2n) is 15.7. The van der Waals surface area contributed by atoms with E-state index >= 15 is 8.78 Å². The van der Waals surface area contributed by atoms with Gasteiger partial charge in [-0.05, 0) is 81.5 Å². The lowest BCUT2D eigenvalue weighted by Crippen LogP contribution is -2.53. The number of halogens is 2. The second-order valence-corrected chi connectivity index (χ2v) is 15.7. The summed E-state index contributed by atoms with van der Waals surface area (Å²) in [6.07, 6.45) is 13.2. The van der Waals surface area contributed by atoms with E-state index in [-0.39, 0.29) is 81.7 Å². The number of anilines is 1. The Balaban J connectivity index is 1.24. The van der Waals surface area contributed by atoms with Gasteiger partial charge in [-0.1, -0.05) is 18.4 Å². The van der Waals surface area contributed by atoms with E-state index < -0.39 is 17.2 Å². The van der Waals surface area contributed by atoms with Crippen LogP contribution in [-0.4, -0.2) is 108 Å². The third kappa shape index (κ3) is 6.78. The highest BCUT2D eigenvalue weighted by molar-refractivity contribution is 6.04. The first-order chi connectivity index (χ1) is 26.1. The third-order valence-corrected chi connectivity index (χ3v) is 11.8. The minimum atomic E-state index is -1.24. The molecule has 54 heavy (non-hydrogen) atoms. The van der Waals surface area contributed by atoms with Crippen molar-refractivity contribution in [1.29, 1.82) is 0 Å². The van der Waals surface area contributed by atoms with Crippen LogP contribution in [-0.2, 0) is 9.47 Å². The van der Waals surface area contributed by atoms with Crippen LogP contribution in [0, 0.1) is 35.3 Å². The van der Waals surface area contributed by atoms with Crippen LogP contribution in [0.5, 0.6) is 17.6 Å². The van der Waals surface area contributed by atoms with Crippen LogP contribution in [0.2, 0.25) is 0 Å². The smallest absolute Gasteiger partial charge is 0.319 e. The number of methoxy groups -OCH3 is 1. The van der Waals surface area contributed by atoms with Crippen molar-refractivity contribution in [3.63, 3.8) is 0 Å². The summed E-state index contributed by atoms with van der Waals surface area (Å²) in [5, 5.41) is 22.7. The largest absolute Gasteiger partial charge is 0.508 e. The van der Waals surface area contributed by atoms with Crippen LogP contribution in [0.3, 0.4) is 0 Å². The number of fused-ring (bicyclic) bond motifs is 3. The fourth-order valence-electron chi connectivity index (χ4n) is 9.36. The minimum Gasteiger partial charge on any atom is -0.508 e. The number of piperidine rings is 1. The number of benzene rings is 2. The molecule has 13 heteroatoms. The molecular formula is C41H47F2N5O6. The molecule has 2 aromatic carbocycles. The van der Waals surface area contributed by atoms with Crippen LogP contribution < -0.4 is 14.4 Å². The summed E-state index contributed by atoms with van der Waals surface area (Å²) in [6, 6.07) is 5.76. The number of aromatic nitrogens is 3. The Bertz CT molecular complexity index is 2100. The molecule has 286 valence electrons. The van der Waals surface area contributed by atoms with Gasteiger partial charge in [0.2, 0.25) is 5.88 Å². The van der Waals surface area contributed by atoms with Gasteiger partial charge in [-0.2, -0.15) is 9.97 Å². The molecule has 0 unspecified atom stereocenters. The van der Waals surface area contributed by atoms with Gasteiger partial charge in [0, 0.05) is 48.7 Å². The number of phenolic OH excluding ortho intramolecular Hbond substituents is 1. The van der Waals surface area contributed by atoms with E-state index in [2.05, 4.69) is 15.8 Å². The molecule has 0 radical (unpaired) electrons. The molecule has 8 rings (SSSR count). The molecule has 2 N–H and O–H groups in total. The van der Waals surface area contributed by atoms with Crippen LogP contribution in [0.4, 0.5) is 14.6 Å². The van der Waals surface area contributed by atoms with Crippen molar-refractivity contribution in [3.8, 4) is 41.2 Å². The Hall–Kier alpha value is -4.35. The SMILES string of the molecule is C#Cc1c(F)ccc2cc(O)cc(-c3nc(OC)c4c(N5CCOC[C@@](C)(O)C5)nc(OC[C@]56CCC[C@H]5N(CC5CCOCC5)CCC6)nc4c3F)c12. The molecule has 11 nitrogen and oxygen atoms in total. The van der Waals surface area contributed by atoms with Crippen LogP contribution >= 0.6 is 0 Å². The average Bonchev–Trinajstić information content (AvgIpc) is 3.52. The first-order valence-electron chi connectivity index (χ1n) is 19.0. The van der Waals surface area contributed by atoms with Gasteiger partial charge in [0.1, 0.15) is 39.6 Å². The Labute approximate surface area is 313 Å². The topological polar surface area (TPSA) is 123 Å². The monoisotopic (exact) mass is 743 g/mol. The molecule has 4 fully saturated rings. The van der Waals surface area contributed by atoms with E-state index in [0.29, 0.717) is 30.5 Å². The summed E-state index contributed by atoms with van der Waals surface area (Å²) in [5.41, 5.74) is -1.74. The highest BCUT2D eigenvalue weighted by Crippen LogP contribution is 2.49. The van der Waals surface area contributed by atoms with E-state index in [1.807, 2.05) is 4.90 Å². The fourth-order valence-corrected chi connectivity index (χ4v) is 9.36. The maximum atomic E-state index is 17.3. The molecule has 1 saturated carbocycles. The van der Waals surface area contributed by atoms with Crippen molar-refractivity contribution in [1.82, 2.24) is 19.9 Å². The number of pyridine rings is 1. The Morgan fingerprint density at radius 3 is 2.63 bits per heavy atom. The highest BCUT2D eigenvalue weighted by Gasteiger charge is 2.49. The van der Waals surface area contributed by atoms with Gasteiger partial charge in [0.25, 0.3) is 0 Å². The fraction of sp³-hybridized carbons (Fsp3) is 0.537. The highest BCUT2D eigenvalue weighted by atomic mass is 19.1. The molecule has 4 aliphatic rings. The summed E-state index contributed by atoms with van der Waals surface area (Å²) in [6.45, 7) is 6.65. The molecule has 0 amide bonds. The van der Waals surface area contributed by atoms with Gasteiger partial charge in [-0.3, -0.25) is 4.90 Å². The van der Waals surface area contributed by atoms with Crippen LogP contribution in [0.1, 0.15) is 57.4 Å². The van der Waals surface area contributed by atoms with Gasteiger partial charge in [-0.15, -0.1) is 6.42 Å². The molecule has 0 spiro atoms. The molecule has 3 saturated heterocycles. The number of likely N-dealkylation sites (tertiary alicyclic amines) is 1. The van der Waals surface area contributed by atoms with Gasteiger partial charge in [0.05, 0.1) is 39.0 Å². The molecule has 2 aromatic heterocycles. The minimum absolute atomic E-state index is 0.00611. The third-order valence-electron chi connectivity index (χ3n) is 11.8. The van der Waals surface area contributed by atoms with Crippen molar-refractivity contribution in [2.45, 2.75) is 63.5 Å². The Morgan fingerprint density at radius 1 is 1.02 bits per heavy atom. The zero-order valence-corrected chi connectivity index (χ0v) is 30.9. The standard InChI is InChI=1S/C41H47F2N5O6/c1-4-28-30(42)9-8-26-19-27(49)20-29(32(26)28)35-34(43)36-33(38(44-35)51-3)37(48-15-18-53-23-40(2,50)22-48)46-39(45-36)54-24-41-12-5-7-31(41)47(14-6-13-41)21-25-10-16-52-17-11-25/h1,8-9,19-20,25,31,49-50H,5-7,10-18,21-24H2,2-3H3/t31-,40+,41-/m1/s1. The number of hydrogen-bond donors (Lipinski definition) is 2. The number of terminal acetylenes is 1. The molecule has 3 aliphatic heterocycles. The maximum Gasteiger partial charge on any atom is 0.319 e. The van der Waals surface area contributed by atoms with Gasteiger partial charge in [-0.25, -0.2) is 13.8 Å². The number of β-amino-alcohol motifs (C(OH)–C–C–N with tert-alkyl or cyclic N) is 1. The zero-order chi connectivity index (χ0) is 37.6. The number of aliphatic hydroxyl groups is 1. The van der Waals surface area contributed by atoms with Gasteiger partial charge >= 0.3 is 6.01 Å². The predicted octanol–water partition coefficient (Wildman–Crippen LogP) is 5.85. The summed E-state index contributed by atoms with van der Waals surface area (Å²) in [4.78, 5) is 18.7. The summed E-state index contributed by atoms with van der Waals surface area (Å²) < 4.78 is 56.1. The molecule has 5 heterocycles. The van der Waals surface area contributed by atoms with E-state index in [4.69, 9.17) is 35.3 Å². The van der Waals surface area contributed by atoms with Crippen molar-refractivity contribution in [2.75, 3.05) is 71.2 Å². The average molecular weight is 744 g/mol. The number of nitrogens with zero attached hydrogens (tertiary/aromatic N) is 5. The van der Waals surface area contributed by atoms with Crippen LogP contribution in [0.15, 0.2) is 24.3 Å². The molecular weight excluding hydrogens is 696 g/mol. The van der Waals surface area contributed by atoms with E-state index in [1.165, 1.54) is 31.4 Å². The first kappa shape index (κ1) is 36.6. The summed E-state index contributed by atoms with van der Waals surface area (Å²) in [7, 11) is 1.40. The first-order valence-corrected chi connectivity index (χ1v) is 19.0.